The Morgan fingerprint density at radius 3 is 2.86 bits per heavy atom. The molecule has 0 fully saturated rings. The van der Waals surface area contributed by atoms with Crippen LogP contribution in [0.15, 0.2) is 27.6 Å². The van der Waals surface area contributed by atoms with Gasteiger partial charge in [0.2, 0.25) is 0 Å². The fourth-order valence-electron chi connectivity index (χ4n) is 0.953. The van der Waals surface area contributed by atoms with Crippen LogP contribution in [-0.4, -0.2) is 22.8 Å². The summed E-state index contributed by atoms with van der Waals surface area (Å²) in [5.74, 6) is 0.918. The predicted octanol–water partition coefficient (Wildman–Crippen LogP) is 3.45. The molecule has 0 aromatic heterocycles. The molecular formula is C10H12BrClOS. The molecule has 1 unspecified atom stereocenters. The van der Waals surface area contributed by atoms with E-state index in [2.05, 4.69) is 28.1 Å². The van der Waals surface area contributed by atoms with Gasteiger partial charge in [-0.1, -0.05) is 6.07 Å². The van der Waals surface area contributed by atoms with Gasteiger partial charge in [-0.05, 0) is 40.5 Å². The Labute approximate surface area is 102 Å². The van der Waals surface area contributed by atoms with Gasteiger partial charge in [-0.15, -0.1) is 23.4 Å². The zero-order chi connectivity index (χ0) is 10.6. The third kappa shape index (κ3) is 3.81. The van der Waals surface area contributed by atoms with Crippen LogP contribution in [-0.2, 0) is 0 Å². The molecule has 1 aromatic carbocycles. The number of hydrogen-bond donors (Lipinski definition) is 1. The van der Waals surface area contributed by atoms with E-state index in [1.165, 1.54) is 5.56 Å². The fourth-order valence-corrected chi connectivity index (χ4v) is 2.88. The summed E-state index contributed by atoms with van der Waals surface area (Å²) >= 11 is 10.6. The molecule has 78 valence electrons. The Morgan fingerprint density at radius 2 is 2.29 bits per heavy atom. The van der Waals surface area contributed by atoms with Crippen LogP contribution in [0.25, 0.3) is 0 Å². The number of thioether (sulfide) groups is 1. The smallest absolute Gasteiger partial charge is 0.0769 e. The summed E-state index contributed by atoms with van der Waals surface area (Å²) in [6.07, 6.45) is -0.435. The normalized spacial score (nSPS) is 12.9. The van der Waals surface area contributed by atoms with Crippen molar-refractivity contribution in [3.8, 4) is 0 Å². The first-order chi connectivity index (χ1) is 6.63. The molecule has 1 atom stereocenters. The van der Waals surface area contributed by atoms with Crippen molar-refractivity contribution in [2.45, 2.75) is 17.9 Å². The number of aliphatic hydroxyl groups excluding tert-OH is 1. The van der Waals surface area contributed by atoms with E-state index in [1.807, 2.05) is 13.0 Å². The predicted molar refractivity (Wildman–Crippen MR) is 66.3 cm³/mol. The fraction of sp³-hybridized carbons (Fsp3) is 0.400. The van der Waals surface area contributed by atoms with Crippen molar-refractivity contribution in [2.24, 2.45) is 0 Å². The first-order valence-corrected chi connectivity index (χ1v) is 6.57. The zero-order valence-corrected chi connectivity index (χ0v) is 11.0. The summed E-state index contributed by atoms with van der Waals surface area (Å²) in [7, 11) is 0. The van der Waals surface area contributed by atoms with Gasteiger partial charge in [0.1, 0.15) is 0 Å². The third-order valence-electron chi connectivity index (χ3n) is 1.70. The molecule has 1 nitrogen and oxygen atoms in total. The highest BCUT2D eigenvalue weighted by atomic mass is 79.9. The first kappa shape index (κ1) is 12.4. The Morgan fingerprint density at radius 1 is 1.57 bits per heavy atom. The van der Waals surface area contributed by atoms with E-state index in [1.54, 1.807) is 11.8 Å². The van der Waals surface area contributed by atoms with Gasteiger partial charge in [0.05, 0.1) is 6.10 Å². The number of halogens is 2. The summed E-state index contributed by atoms with van der Waals surface area (Å²) in [5, 5.41) is 9.30. The van der Waals surface area contributed by atoms with Crippen molar-refractivity contribution < 1.29 is 5.11 Å². The van der Waals surface area contributed by atoms with Gasteiger partial charge >= 0.3 is 0 Å². The number of aryl methyl sites for hydroxylation is 1. The van der Waals surface area contributed by atoms with Gasteiger partial charge in [-0.2, -0.15) is 0 Å². The number of alkyl halides is 1. The Hall–Kier alpha value is 0.300. The van der Waals surface area contributed by atoms with E-state index in [-0.39, 0.29) is 5.88 Å². The first-order valence-electron chi connectivity index (χ1n) is 4.26. The van der Waals surface area contributed by atoms with Gasteiger partial charge in [0.25, 0.3) is 0 Å². The van der Waals surface area contributed by atoms with Gasteiger partial charge in [-0.3, -0.25) is 0 Å². The number of benzene rings is 1. The van der Waals surface area contributed by atoms with E-state index in [9.17, 15) is 5.11 Å². The largest absolute Gasteiger partial charge is 0.391 e. The molecule has 0 heterocycles. The van der Waals surface area contributed by atoms with E-state index in [0.717, 1.165) is 9.37 Å². The molecule has 1 rings (SSSR count). The molecule has 14 heavy (non-hydrogen) atoms. The highest BCUT2D eigenvalue weighted by molar-refractivity contribution is 9.10. The maximum atomic E-state index is 9.30. The monoisotopic (exact) mass is 294 g/mol. The number of aliphatic hydroxyl groups is 1. The number of hydrogen-bond acceptors (Lipinski definition) is 2. The van der Waals surface area contributed by atoms with Crippen molar-refractivity contribution in [3.05, 3.63) is 28.2 Å². The molecule has 0 spiro atoms. The molecule has 0 saturated heterocycles. The molecule has 0 aliphatic rings. The second-order valence-electron chi connectivity index (χ2n) is 3.05. The van der Waals surface area contributed by atoms with Gasteiger partial charge < -0.3 is 5.11 Å². The molecule has 0 saturated carbocycles. The average molecular weight is 296 g/mol. The minimum Gasteiger partial charge on any atom is -0.391 e. The topological polar surface area (TPSA) is 20.2 Å². The molecule has 0 aliphatic heterocycles. The van der Waals surface area contributed by atoms with E-state index < -0.39 is 6.10 Å². The second kappa shape index (κ2) is 6.01. The van der Waals surface area contributed by atoms with Gasteiger partial charge in [-0.25, -0.2) is 0 Å². The van der Waals surface area contributed by atoms with Crippen LogP contribution in [0.2, 0.25) is 0 Å². The lowest BCUT2D eigenvalue weighted by Crippen LogP contribution is -2.10. The van der Waals surface area contributed by atoms with Crippen LogP contribution in [0, 0.1) is 6.92 Å². The lowest BCUT2D eigenvalue weighted by molar-refractivity contribution is 0.223. The Balaban J connectivity index is 2.59. The molecule has 1 N–H and O–H groups in total. The quantitative estimate of drug-likeness (QED) is 0.678. The van der Waals surface area contributed by atoms with Crippen molar-refractivity contribution in [1.82, 2.24) is 0 Å². The summed E-state index contributed by atoms with van der Waals surface area (Å²) in [4.78, 5) is 1.14. The van der Waals surface area contributed by atoms with Crippen molar-refractivity contribution in [2.75, 3.05) is 11.6 Å². The van der Waals surface area contributed by atoms with E-state index >= 15 is 0 Å². The average Bonchev–Trinajstić information content (AvgIpc) is 2.16. The van der Waals surface area contributed by atoms with Crippen molar-refractivity contribution >= 4 is 39.3 Å². The highest BCUT2D eigenvalue weighted by Crippen LogP contribution is 2.28. The van der Waals surface area contributed by atoms with Crippen LogP contribution in [0.5, 0.6) is 0 Å². The van der Waals surface area contributed by atoms with E-state index in [4.69, 9.17) is 11.6 Å². The van der Waals surface area contributed by atoms with E-state index in [0.29, 0.717) is 5.75 Å². The lowest BCUT2D eigenvalue weighted by atomic mass is 10.2. The minimum absolute atomic E-state index is 0.288. The molecule has 0 amide bonds. The second-order valence-corrected chi connectivity index (χ2v) is 5.28. The van der Waals surface area contributed by atoms with Crippen LogP contribution >= 0.6 is 39.3 Å². The summed E-state index contributed by atoms with van der Waals surface area (Å²) in [6.45, 7) is 2.05. The SMILES string of the molecule is Cc1ccc(SCC(O)CCl)c(Br)c1. The maximum Gasteiger partial charge on any atom is 0.0769 e. The number of rotatable bonds is 4. The summed E-state index contributed by atoms with van der Waals surface area (Å²) in [5.41, 5.74) is 1.22. The van der Waals surface area contributed by atoms with Crippen LogP contribution in [0.1, 0.15) is 5.56 Å². The van der Waals surface area contributed by atoms with Crippen LogP contribution in [0.3, 0.4) is 0 Å². The molecule has 4 heteroatoms. The van der Waals surface area contributed by atoms with Crippen molar-refractivity contribution in [3.63, 3.8) is 0 Å². The molecule has 0 radical (unpaired) electrons. The minimum atomic E-state index is -0.435. The molecule has 0 aliphatic carbocycles. The van der Waals surface area contributed by atoms with Crippen LogP contribution < -0.4 is 0 Å². The van der Waals surface area contributed by atoms with Crippen molar-refractivity contribution in [1.29, 1.82) is 0 Å². The maximum absolute atomic E-state index is 9.30. The van der Waals surface area contributed by atoms with Gasteiger partial charge in [0.15, 0.2) is 0 Å². The molecule has 0 bridgehead atoms. The Kier molecular flexibility index (Phi) is 5.31. The standard InChI is InChI=1S/C10H12BrClOS/c1-7-2-3-10(9(11)4-7)14-6-8(13)5-12/h2-4,8,13H,5-6H2,1H3. The zero-order valence-electron chi connectivity index (χ0n) is 7.84. The summed E-state index contributed by atoms with van der Waals surface area (Å²) in [6, 6.07) is 6.17. The molecule has 1 aromatic rings. The highest BCUT2D eigenvalue weighted by Gasteiger charge is 2.05. The molecular weight excluding hydrogens is 284 g/mol. The van der Waals surface area contributed by atoms with Gasteiger partial charge in [0, 0.05) is 21.0 Å². The lowest BCUT2D eigenvalue weighted by Gasteiger charge is -2.08. The van der Waals surface area contributed by atoms with Crippen LogP contribution in [0.4, 0.5) is 0 Å². The third-order valence-corrected chi connectivity index (χ3v) is 4.19. The Bertz CT molecular complexity index is 306. The summed E-state index contributed by atoms with van der Waals surface area (Å²) < 4.78 is 1.07.